The van der Waals surface area contributed by atoms with Crippen LogP contribution in [0.15, 0.2) is 24.3 Å². The quantitative estimate of drug-likeness (QED) is 0.831. The zero-order valence-electron chi connectivity index (χ0n) is 8.01. The zero-order valence-corrected chi connectivity index (χ0v) is 8.77. The molecule has 0 unspecified atom stereocenters. The fourth-order valence-corrected chi connectivity index (χ4v) is 2.35. The van der Waals surface area contributed by atoms with Gasteiger partial charge in [-0.25, -0.2) is 8.78 Å². The molecule has 82 valence electrons. The first-order valence-corrected chi connectivity index (χ1v) is 5.10. The van der Waals surface area contributed by atoms with Crippen molar-refractivity contribution < 1.29 is 13.9 Å². The number of halogens is 3. The minimum absolute atomic E-state index is 0.261. The van der Waals surface area contributed by atoms with Crippen LogP contribution >= 0.6 is 11.6 Å². The molecule has 0 saturated heterocycles. The Labute approximate surface area is 91.7 Å². The molecule has 2 rings (SSSR count). The van der Waals surface area contributed by atoms with Gasteiger partial charge in [-0.1, -0.05) is 23.7 Å². The van der Waals surface area contributed by atoms with Gasteiger partial charge in [0.2, 0.25) is 5.92 Å². The topological polar surface area (TPSA) is 20.2 Å². The average Bonchev–Trinajstić information content (AvgIpc) is 2.13. The van der Waals surface area contributed by atoms with Gasteiger partial charge >= 0.3 is 0 Å². The summed E-state index contributed by atoms with van der Waals surface area (Å²) in [7, 11) is 0. The predicted octanol–water partition coefficient (Wildman–Crippen LogP) is 3.00. The molecule has 0 spiro atoms. The Kier molecular flexibility index (Phi) is 2.47. The third-order valence-corrected chi connectivity index (χ3v) is 3.17. The number of hydrogen-bond donors (Lipinski definition) is 1. The number of hydrogen-bond acceptors (Lipinski definition) is 1. The fraction of sp³-hybridized carbons (Fsp3) is 0.455. The van der Waals surface area contributed by atoms with Crippen molar-refractivity contribution in [2.24, 2.45) is 0 Å². The van der Waals surface area contributed by atoms with Crippen LogP contribution in [0.25, 0.3) is 0 Å². The highest BCUT2D eigenvalue weighted by atomic mass is 35.5. The van der Waals surface area contributed by atoms with E-state index in [9.17, 15) is 13.9 Å². The highest BCUT2D eigenvalue weighted by molar-refractivity contribution is 6.30. The molecule has 1 fully saturated rings. The molecule has 1 aliphatic carbocycles. The van der Waals surface area contributed by atoms with Gasteiger partial charge in [-0.2, -0.15) is 0 Å². The summed E-state index contributed by atoms with van der Waals surface area (Å²) in [5.41, 5.74) is -0.0996. The Morgan fingerprint density at radius 2 is 2.00 bits per heavy atom. The van der Waals surface area contributed by atoms with Gasteiger partial charge in [0, 0.05) is 23.3 Å². The summed E-state index contributed by atoms with van der Waals surface area (Å²) in [6.45, 7) is -0.261. The van der Waals surface area contributed by atoms with Gasteiger partial charge < -0.3 is 5.11 Å². The third-order valence-electron chi connectivity index (χ3n) is 2.93. The number of aliphatic hydroxyl groups excluding tert-OH is 1. The molecular weight excluding hydrogens is 222 g/mol. The van der Waals surface area contributed by atoms with Crippen molar-refractivity contribution in [2.75, 3.05) is 6.61 Å². The lowest BCUT2D eigenvalue weighted by Gasteiger charge is -2.46. The standard InChI is InChI=1S/C11H11ClF2O/c12-9-3-1-2-8(4-9)10(7-15)5-11(13,14)6-10/h1-4,15H,5-7H2. The minimum Gasteiger partial charge on any atom is -0.395 e. The molecule has 15 heavy (non-hydrogen) atoms. The summed E-state index contributed by atoms with van der Waals surface area (Å²) in [6, 6.07) is 6.78. The van der Waals surface area contributed by atoms with E-state index in [-0.39, 0.29) is 19.4 Å². The summed E-state index contributed by atoms with van der Waals surface area (Å²) in [5, 5.41) is 9.75. The van der Waals surface area contributed by atoms with Gasteiger partial charge in [-0.3, -0.25) is 0 Å². The van der Waals surface area contributed by atoms with E-state index >= 15 is 0 Å². The molecule has 0 amide bonds. The molecule has 1 aromatic carbocycles. The number of aliphatic hydroxyl groups is 1. The molecule has 1 aromatic rings. The van der Waals surface area contributed by atoms with Gasteiger partial charge in [0.1, 0.15) is 0 Å². The van der Waals surface area contributed by atoms with Crippen molar-refractivity contribution in [1.82, 2.24) is 0 Å². The summed E-state index contributed by atoms with van der Waals surface area (Å²) < 4.78 is 25.7. The molecule has 0 bridgehead atoms. The highest BCUT2D eigenvalue weighted by Gasteiger charge is 2.56. The maximum Gasteiger partial charge on any atom is 0.250 e. The van der Waals surface area contributed by atoms with Crippen LogP contribution in [0.4, 0.5) is 8.78 Å². The monoisotopic (exact) mass is 232 g/mol. The molecule has 0 radical (unpaired) electrons. The van der Waals surface area contributed by atoms with Crippen LogP contribution in [-0.2, 0) is 5.41 Å². The molecular formula is C11H11ClF2O. The summed E-state index contributed by atoms with van der Waals surface area (Å²) >= 11 is 5.79. The lowest BCUT2D eigenvalue weighted by atomic mass is 9.62. The first-order valence-electron chi connectivity index (χ1n) is 4.72. The lowest BCUT2D eigenvalue weighted by Crippen LogP contribution is -2.51. The molecule has 0 heterocycles. The van der Waals surface area contributed by atoms with Crippen LogP contribution in [-0.4, -0.2) is 17.6 Å². The Morgan fingerprint density at radius 1 is 1.33 bits per heavy atom. The second-order valence-electron chi connectivity index (χ2n) is 4.16. The predicted molar refractivity (Wildman–Crippen MR) is 54.4 cm³/mol. The van der Waals surface area contributed by atoms with Crippen molar-refractivity contribution in [3.05, 3.63) is 34.9 Å². The molecule has 4 heteroatoms. The van der Waals surface area contributed by atoms with E-state index in [1.54, 1.807) is 24.3 Å². The fourth-order valence-electron chi connectivity index (χ4n) is 2.16. The highest BCUT2D eigenvalue weighted by Crippen LogP contribution is 2.53. The Morgan fingerprint density at radius 3 is 2.47 bits per heavy atom. The van der Waals surface area contributed by atoms with Crippen molar-refractivity contribution in [2.45, 2.75) is 24.2 Å². The van der Waals surface area contributed by atoms with Crippen LogP contribution in [0.3, 0.4) is 0 Å². The first kappa shape index (κ1) is 10.8. The Bertz CT molecular complexity index is 371. The molecule has 0 aliphatic heterocycles. The van der Waals surface area contributed by atoms with E-state index in [0.29, 0.717) is 10.6 Å². The summed E-state index contributed by atoms with van der Waals surface area (Å²) in [5.74, 6) is -2.65. The first-order chi connectivity index (χ1) is 6.97. The van der Waals surface area contributed by atoms with Crippen molar-refractivity contribution >= 4 is 11.6 Å². The molecule has 0 aromatic heterocycles. The van der Waals surface area contributed by atoms with Crippen molar-refractivity contribution in [1.29, 1.82) is 0 Å². The van der Waals surface area contributed by atoms with Gasteiger partial charge in [0.05, 0.1) is 6.61 Å². The number of alkyl halides is 2. The van der Waals surface area contributed by atoms with Crippen LogP contribution in [0.2, 0.25) is 5.02 Å². The van der Waals surface area contributed by atoms with E-state index in [1.807, 2.05) is 0 Å². The van der Waals surface area contributed by atoms with Gasteiger partial charge in [0.25, 0.3) is 0 Å². The Balaban J connectivity index is 2.29. The Hall–Kier alpha value is -0.670. The van der Waals surface area contributed by atoms with E-state index < -0.39 is 11.3 Å². The van der Waals surface area contributed by atoms with Crippen LogP contribution in [0.1, 0.15) is 18.4 Å². The van der Waals surface area contributed by atoms with Gasteiger partial charge in [-0.15, -0.1) is 0 Å². The number of benzene rings is 1. The maximum atomic E-state index is 12.9. The molecule has 1 N–H and O–H groups in total. The number of rotatable bonds is 2. The summed E-state index contributed by atoms with van der Waals surface area (Å²) in [6.07, 6.45) is -0.590. The van der Waals surface area contributed by atoms with E-state index in [0.717, 1.165) is 0 Å². The lowest BCUT2D eigenvalue weighted by molar-refractivity contribution is -0.139. The van der Waals surface area contributed by atoms with E-state index in [1.165, 1.54) is 0 Å². The van der Waals surface area contributed by atoms with Gasteiger partial charge in [-0.05, 0) is 17.7 Å². The second kappa shape index (κ2) is 3.42. The largest absolute Gasteiger partial charge is 0.395 e. The van der Waals surface area contributed by atoms with Gasteiger partial charge in [0.15, 0.2) is 0 Å². The van der Waals surface area contributed by atoms with E-state index in [4.69, 9.17) is 11.6 Å². The minimum atomic E-state index is -2.65. The van der Waals surface area contributed by atoms with Crippen molar-refractivity contribution in [3.63, 3.8) is 0 Å². The third kappa shape index (κ3) is 1.86. The summed E-state index contributed by atoms with van der Waals surface area (Å²) in [4.78, 5) is 0. The van der Waals surface area contributed by atoms with Crippen LogP contribution in [0.5, 0.6) is 0 Å². The molecule has 0 atom stereocenters. The van der Waals surface area contributed by atoms with E-state index in [2.05, 4.69) is 0 Å². The van der Waals surface area contributed by atoms with Crippen LogP contribution < -0.4 is 0 Å². The zero-order chi connectivity index (χ0) is 11.1. The normalized spacial score (nSPS) is 22.1. The average molecular weight is 233 g/mol. The van der Waals surface area contributed by atoms with Crippen LogP contribution in [0, 0.1) is 0 Å². The maximum absolute atomic E-state index is 12.9. The van der Waals surface area contributed by atoms with Crippen molar-refractivity contribution in [3.8, 4) is 0 Å². The molecule has 1 aliphatic rings. The molecule has 1 nitrogen and oxygen atoms in total. The second-order valence-corrected chi connectivity index (χ2v) is 4.59. The SMILES string of the molecule is OCC1(c2cccc(Cl)c2)CC(F)(F)C1. The smallest absolute Gasteiger partial charge is 0.250 e. The molecule has 1 saturated carbocycles.